The molecule has 158 valence electrons. The second-order valence-corrected chi connectivity index (χ2v) is 7.65. The second kappa shape index (κ2) is 8.27. The van der Waals surface area contributed by atoms with Crippen LogP contribution in [-0.4, -0.2) is 70.1 Å². The summed E-state index contributed by atoms with van der Waals surface area (Å²) in [4.78, 5) is 17.5. The van der Waals surface area contributed by atoms with Gasteiger partial charge in [0.05, 0.1) is 17.7 Å². The van der Waals surface area contributed by atoms with Crippen LogP contribution in [0.25, 0.3) is 10.9 Å². The van der Waals surface area contributed by atoms with Crippen LogP contribution in [0.5, 0.6) is 5.75 Å². The number of hydrogen-bond donors (Lipinski definition) is 1. The zero-order valence-electron chi connectivity index (χ0n) is 17.8. The molecule has 1 aliphatic rings. The average Bonchev–Trinajstić information content (AvgIpc) is 3.09. The number of benzene rings is 1. The number of carbonyl (C=O) groups is 1. The van der Waals surface area contributed by atoms with Crippen molar-refractivity contribution in [3.05, 3.63) is 36.0 Å². The van der Waals surface area contributed by atoms with Gasteiger partial charge in [0.1, 0.15) is 5.75 Å². The van der Waals surface area contributed by atoms with Crippen LogP contribution >= 0.6 is 0 Å². The molecule has 0 spiro atoms. The van der Waals surface area contributed by atoms with Crippen LogP contribution in [0, 0.1) is 0 Å². The normalized spacial score (nSPS) is 17.3. The summed E-state index contributed by atoms with van der Waals surface area (Å²) in [6, 6.07) is 7.72. The Kier molecular flexibility index (Phi) is 5.54. The topological polar surface area (TPSA) is 88.4 Å². The Hall–Kier alpha value is -3.20. The average molecular weight is 409 g/mol. The van der Waals surface area contributed by atoms with E-state index in [9.17, 15) is 4.79 Å². The zero-order valence-corrected chi connectivity index (χ0v) is 17.8. The van der Waals surface area contributed by atoms with E-state index in [1.54, 1.807) is 22.9 Å². The minimum absolute atomic E-state index is 0.292. The zero-order chi connectivity index (χ0) is 21.3. The molecule has 1 saturated heterocycles. The number of piperazine rings is 1. The van der Waals surface area contributed by atoms with Gasteiger partial charge >= 0.3 is 0 Å². The molecule has 1 aliphatic heterocycles. The summed E-state index contributed by atoms with van der Waals surface area (Å²) in [5, 5.41) is 16.6. The summed E-state index contributed by atoms with van der Waals surface area (Å²) in [5.41, 5.74) is 1.22. The van der Waals surface area contributed by atoms with Crippen molar-refractivity contribution >= 4 is 28.4 Å². The van der Waals surface area contributed by atoms with Gasteiger partial charge in [0.2, 0.25) is 0 Å². The summed E-state index contributed by atoms with van der Waals surface area (Å²) in [6.45, 7) is 7.33. The van der Waals surface area contributed by atoms with E-state index in [-0.39, 0.29) is 5.91 Å². The van der Waals surface area contributed by atoms with Crippen LogP contribution in [0.4, 0.5) is 11.6 Å². The molecule has 3 heterocycles. The van der Waals surface area contributed by atoms with Gasteiger partial charge in [0, 0.05) is 50.4 Å². The van der Waals surface area contributed by atoms with Gasteiger partial charge in [-0.15, -0.1) is 10.2 Å². The molecule has 0 aliphatic carbocycles. The first-order chi connectivity index (χ1) is 14.4. The monoisotopic (exact) mass is 409 g/mol. The first-order valence-corrected chi connectivity index (χ1v) is 10.1. The van der Waals surface area contributed by atoms with Crippen LogP contribution in [0.15, 0.2) is 30.5 Å². The Morgan fingerprint density at radius 3 is 2.77 bits per heavy atom. The molecule has 9 nitrogen and oxygen atoms in total. The third-order valence-corrected chi connectivity index (χ3v) is 5.44. The molecule has 1 amide bonds. The van der Waals surface area contributed by atoms with Crippen molar-refractivity contribution in [2.75, 3.05) is 43.5 Å². The molecular weight excluding hydrogens is 382 g/mol. The van der Waals surface area contributed by atoms with E-state index < -0.39 is 0 Å². The summed E-state index contributed by atoms with van der Waals surface area (Å²) >= 11 is 0. The van der Waals surface area contributed by atoms with E-state index >= 15 is 0 Å². The van der Waals surface area contributed by atoms with Crippen molar-refractivity contribution in [1.29, 1.82) is 0 Å². The van der Waals surface area contributed by atoms with Gasteiger partial charge in [0.25, 0.3) is 5.91 Å². The lowest BCUT2D eigenvalue weighted by Crippen LogP contribution is -2.50. The van der Waals surface area contributed by atoms with Crippen LogP contribution in [0.3, 0.4) is 0 Å². The number of aromatic nitrogens is 4. The molecule has 1 aromatic carbocycles. The summed E-state index contributed by atoms with van der Waals surface area (Å²) in [5.74, 6) is 1.43. The molecule has 0 saturated carbocycles. The fourth-order valence-electron chi connectivity index (χ4n) is 3.63. The van der Waals surface area contributed by atoms with E-state index in [1.807, 2.05) is 26.2 Å². The number of aryl methyl sites for hydroxylation is 1. The van der Waals surface area contributed by atoms with E-state index in [2.05, 4.69) is 44.4 Å². The molecular formula is C21H27N7O2. The molecule has 1 atom stereocenters. The van der Waals surface area contributed by atoms with Crippen LogP contribution in [0.1, 0.15) is 24.2 Å². The number of hydrogen-bond acceptors (Lipinski definition) is 7. The van der Waals surface area contributed by atoms with Gasteiger partial charge in [-0.3, -0.25) is 9.48 Å². The number of carbonyl (C=O) groups excluding carboxylic acids is 1. The first kappa shape index (κ1) is 20.1. The first-order valence-electron chi connectivity index (χ1n) is 10.1. The number of fused-ring (bicyclic) bond motifs is 1. The van der Waals surface area contributed by atoms with Crippen LogP contribution < -0.4 is 15.0 Å². The van der Waals surface area contributed by atoms with Crippen LogP contribution in [0.2, 0.25) is 0 Å². The molecule has 0 radical (unpaired) electrons. The molecule has 4 rings (SSSR count). The van der Waals surface area contributed by atoms with E-state index in [1.165, 1.54) is 0 Å². The van der Waals surface area contributed by atoms with Gasteiger partial charge in [0.15, 0.2) is 11.6 Å². The summed E-state index contributed by atoms with van der Waals surface area (Å²) < 4.78 is 7.39. The van der Waals surface area contributed by atoms with Crippen LogP contribution in [-0.2, 0) is 7.05 Å². The SMILES string of the molecule is CCOc1cc2nn(C)cc2cc1C(=O)Nc1ccc(N2CCN(C)[C@@H](C)C2)nn1. The number of likely N-dealkylation sites (N-methyl/N-ethyl adjacent to an activating group) is 1. The summed E-state index contributed by atoms with van der Waals surface area (Å²) in [7, 11) is 3.98. The minimum Gasteiger partial charge on any atom is -0.493 e. The van der Waals surface area contributed by atoms with Gasteiger partial charge in [-0.05, 0) is 39.1 Å². The molecule has 2 aromatic heterocycles. The van der Waals surface area contributed by atoms with Crippen molar-refractivity contribution in [2.24, 2.45) is 7.05 Å². The second-order valence-electron chi connectivity index (χ2n) is 7.65. The fraction of sp³-hybridized carbons (Fsp3) is 0.429. The van der Waals surface area contributed by atoms with Crippen molar-refractivity contribution in [1.82, 2.24) is 24.9 Å². The standard InChI is InChI=1S/C21H27N7O2/c1-5-30-18-11-17-15(13-27(4)25-17)10-16(18)21(29)22-19-6-7-20(24-23-19)28-9-8-26(3)14(2)12-28/h6-7,10-11,13-14H,5,8-9,12H2,1-4H3,(H,22,23,29)/t14-/m0/s1. The molecule has 9 heteroatoms. The van der Waals surface area contributed by atoms with E-state index in [0.29, 0.717) is 29.8 Å². The van der Waals surface area contributed by atoms with Gasteiger partial charge in [-0.25, -0.2) is 0 Å². The van der Waals surface area contributed by atoms with Crippen molar-refractivity contribution in [2.45, 2.75) is 19.9 Å². The lowest BCUT2D eigenvalue weighted by molar-refractivity contribution is 0.102. The van der Waals surface area contributed by atoms with E-state index in [4.69, 9.17) is 4.74 Å². The van der Waals surface area contributed by atoms with Crippen molar-refractivity contribution in [3.8, 4) is 5.75 Å². The Labute approximate surface area is 175 Å². The predicted molar refractivity (Wildman–Crippen MR) is 116 cm³/mol. The highest BCUT2D eigenvalue weighted by molar-refractivity contribution is 6.08. The van der Waals surface area contributed by atoms with Gasteiger partial charge in [-0.1, -0.05) is 0 Å². The third kappa shape index (κ3) is 4.06. The van der Waals surface area contributed by atoms with Crippen molar-refractivity contribution in [3.63, 3.8) is 0 Å². The van der Waals surface area contributed by atoms with Gasteiger partial charge < -0.3 is 19.9 Å². The van der Waals surface area contributed by atoms with Crippen molar-refractivity contribution < 1.29 is 9.53 Å². The minimum atomic E-state index is -0.292. The fourth-order valence-corrected chi connectivity index (χ4v) is 3.63. The molecule has 1 fully saturated rings. The number of nitrogens with zero attached hydrogens (tertiary/aromatic N) is 6. The quantitative estimate of drug-likeness (QED) is 0.691. The molecule has 0 unspecified atom stereocenters. The smallest absolute Gasteiger partial charge is 0.260 e. The number of nitrogens with one attached hydrogen (secondary N) is 1. The lowest BCUT2D eigenvalue weighted by Gasteiger charge is -2.38. The largest absolute Gasteiger partial charge is 0.493 e. The molecule has 1 N–H and O–H groups in total. The highest BCUT2D eigenvalue weighted by Crippen LogP contribution is 2.26. The summed E-state index contributed by atoms with van der Waals surface area (Å²) in [6.07, 6.45) is 1.87. The highest BCUT2D eigenvalue weighted by Gasteiger charge is 2.22. The number of amides is 1. The molecule has 0 bridgehead atoms. The maximum Gasteiger partial charge on any atom is 0.260 e. The van der Waals surface area contributed by atoms with E-state index in [0.717, 1.165) is 36.4 Å². The Morgan fingerprint density at radius 1 is 1.23 bits per heavy atom. The lowest BCUT2D eigenvalue weighted by atomic mass is 10.1. The Bertz CT molecular complexity index is 1050. The molecule has 3 aromatic rings. The highest BCUT2D eigenvalue weighted by atomic mass is 16.5. The number of ether oxygens (including phenoxy) is 1. The third-order valence-electron chi connectivity index (χ3n) is 5.44. The predicted octanol–water partition coefficient (Wildman–Crippen LogP) is 2.15. The Morgan fingerprint density at radius 2 is 2.07 bits per heavy atom. The number of anilines is 2. The Balaban J connectivity index is 1.51. The number of rotatable bonds is 5. The maximum atomic E-state index is 12.9. The maximum absolute atomic E-state index is 12.9. The molecule has 30 heavy (non-hydrogen) atoms. The van der Waals surface area contributed by atoms with Gasteiger partial charge in [-0.2, -0.15) is 5.10 Å².